The number of aryl methyl sites for hydroxylation is 1. The SMILES string of the molecule is CCCC1CCC(Nc2ccc(=O)n(CCC)c2)CC1. The molecule has 3 heteroatoms. The van der Waals surface area contributed by atoms with Crippen LogP contribution in [0.4, 0.5) is 5.69 Å². The first-order chi connectivity index (χ1) is 9.72. The van der Waals surface area contributed by atoms with Gasteiger partial charge < -0.3 is 9.88 Å². The van der Waals surface area contributed by atoms with Gasteiger partial charge in [0.1, 0.15) is 0 Å². The second kappa shape index (κ2) is 7.51. The third kappa shape index (κ3) is 4.12. The van der Waals surface area contributed by atoms with Crippen LogP contribution in [0.2, 0.25) is 0 Å². The molecule has 0 saturated heterocycles. The van der Waals surface area contributed by atoms with Crippen molar-refractivity contribution in [1.29, 1.82) is 0 Å². The van der Waals surface area contributed by atoms with E-state index in [1.165, 1.54) is 38.5 Å². The summed E-state index contributed by atoms with van der Waals surface area (Å²) in [6.07, 6.45) is 10.9. The summed E-state index contributed by atoms with van der Waals surface area (Å²) >= 11 is 0. The van der Waals surface area contributed by atoms with Crippen molar-refractivity contribution in [1.82, 2.24) is 4.57 Å². The molecule has 112 valence electrons. The molecule has 0 spiro atoms. The van der Waals surface area contributed by atoms with Crippen molar-refractivity contribution in [3.05, 3.63) is 28.7 Å². The Bertz CT molecular complexity index is 458. The summed E-state index contributed by atoms with van der Waals surface area (Å²) in [4.78, 5) is 11.7. The van der Waals surface area contributed by atoms with Crippen molar-refractivity contribution in [2.45, 2.75) is 71.4 Å². The van der Waals surface area contributed by atoms with Crippen LogP contribution in [0.25, 0.3) is 0 Å². The Morgan fingerprint density at radius 1 is 1.15 bits per heavy atom. The van der Waals surface area contributed by atoms with Gasteiger partial charge in [-0.15, -0.1) is 0 Å². The van der Waals surface area contributed by atoms with Gasteiger partial charge in [-0.1, -0.05) is 26.7 Å². The van der Waals surface area contributed by atoms with Gasteiger partial charge in [0.25, 0.3) is 5.56 Å². The van der Waals surface area contributed by atoms with Gasteiger partial charge in [-0.3, -0.25) is 4.79 Å². The van der Waals surface area contributed by atoms with Gasteiger partial charge in [0.05, 0.1) is 5.69 Å². The fourth-order valence-electron chi connectivity index (χ4n) is 3.27. The maximum atomic E-state index is 11.7. The molecule has 0 amide bonds. The largest absolute Gasteiger partial charge is 0.381 e. The van der Waals surface area contributed by atoms with Gasteiger partial charge in [0.2, 0.25) is 0 Å². The van der Waals surface area contributed by atoms with E-state index in [1.54, 1.807) is 6.07 Å². The van der Waals surface area contributed by atoms with Crippen LogP contribution in [0.3, 0.4) is 0 Å². The summed E-state index contributed by atoms with van der Waals surface area (Å²) in [7, 11) is 0. The summed E-state index contributed by atoms with van der Waals surface area (Å²) in [5.41, 5.74) is 1.20. The highest BCUT2D eigenvalue weighted by Crippen LogP contribution is 2.29. The number of nitrogens with one attached hydrogen (secondary N) is 1. The van der Waals surface area contributed by atoms with Crippen LogP contribution < -0.4 is 10.9 Å². The van der Waals surface area contributed by atoms with Crippen LogP contribution in [-0.2, 0) is 6.54 Å². The monoisotopic (exact) mass is 276 g/mol. The van der Waals surface area contributed by atoms with Crippen molar-refractivity contribution in [2.24, 2.45) is 5.92 Å². The Morgan fingerprint density at radius 3 is 2.55 bits per heavy atom. The molecular weight excluding hydrogens is 248 g/mol. The van der Waals surface area contributed by atoms with Crippen molar-refractivity contribution in [3.63, 3.8) is 0 Å². The van der Waals surface area contributed by atoms with Crippen molar-refractivity contribution >= 4 is 5.69 Å². The molecule has 0 radical (unpaired) electrons. The van der Waals surface area contributed by atoms with E-state index < -0.39 is 0 Å². The number of nitrogens with zero attached hydrogens (tertiary/aromatic N) is 1. The molecule has 0 bridgehead atoms. The Kier molecular flexibility index (Phi) is 5.69. The summed E-state index contributed by atoms with van der Waals surface area (Å²) in [6.45, 7) is 5.18. The molecule has 0 aliphatic heterocycles. The third-order valence-corrected chi connectivity index (χ3v) is 4.36. The second-order valence-electron chi connectivity index (χ2n) is 6.10. The zero-order valence-electron chi connectivity index (χ0n) is 12.9. The minimum atomic E-state index is 0.101. The molecule has 0 aromatic carbocycles. The van der Waals surface area contributed by atoms with Gasteiger partial charge in [-0.2, -0.15) is 0 Å². The van der Waals surface area contributed by atoms with E-state index in [9.17, 15) is 4.79 Å². The molecule has 1 N–H and O–H groups in total. The first-order valence-electron chi connectivity index (χ1n) is 8.20. The number of pyridine rings is 1. The third-order valence-electron chi connectivity index (χ3n) is 4.36. The molecular formula is C17H28N2O. The Labute approximate surface area is 122 Å². The number of aromatic nitrogens is 1. The van der Waals surface area contributed by atoms with Crippen LogP contribution in [0.5, 0.6) is 0 Å². The van der Waals surface area contributed by atoms with Crippen LogP contribution in [-0.4, -0.2) is 10.6 Å². The molecule has 1 heterocycles. The number of rotatable bonds is 6. The Balaban J connectivity index is 1.91. The summed E-state index contributed by atoms with van der Waals surface area (Å²) < 4.78 is 1.81. The fraction of sp³-hybridized carbons (Fsp3) is 0.706. The van der Waals surface area contributed by atoms with E-state index >= 15 is 0 Å². The molecule has 1 aliphatic rings. The van der Waals surface area contributed by atoms with Crippen LogP contribution in [0.15, 0.2) is 23.1 Å². The van der Waals surface area contributed by atoms with E-state index in [0.29, 0.717) is 6.04 Å². The second-order valence-corrected chi connectivity index (χ2v) is 6.10. The van der Waals surface area contributed by atoms with E-state index in [-0.39, 0.29) is 5.56 Å². The van der Waals surface area contributed by atoms with Crippen LogP contribution in [0, 0.1) is 5.92 Å². The van der Waals surface area contributed by atoms with Crippen LogP contribution in [0.1, 0.15) is 58.8 Å². The minimum absolute atomic E-state index is 0.101. The van der Waals surface area contributed by atoms with E-state index in [2.05, 4.69) is 19.2 Å². The summed E-state index contributed by atoms with van der Waals surface area (Å²) in [5.74, 6) is 0.937. The molecule has 1 saturated carbocycles. The fourth-order valence-corrected chi connectivity index (χ4v) is 3.27. The first-order valence-corrected chi connectivity index (χ1v) is 8.20. The molecule has 0 unspecified atom stereocenters. The Morgan fingerprint density at radius 2 is 1.90 bits per heavy atom. The van der Waals surface area contributed by atoms with Gasteiger partial charge in [-0.05, 0) is 44.1 Å². The quantitative estimate of drug-likeness (QED) is 0.851. The maximum absolute atomic E-state index is 11.7. The van der Waals surface area contributed by atoms with Crippen molar-refractivity contribution in [2.75, 3.05) is 5.32 Å². The normalized spacial score (nSPS) is 22.7. The maximum Gasteiger partial charge on any atom is 0.250 e. The predicted octanol–water partition coefficient (Wildman–Crippen LogP) is 4.03. The molecule has 3 nitrogen and oxygen atoms in total. The van der Waals surface area contributed by atoms with E-state index in [4.69, 9.17) is 0 Å². The lowest BCUT2D eigenvalue weighted by molar-refractivity contribution is 0.319. The van der Waals surface area contributed by atoms with E-state index in [0.717, 1.165) is 24.6 Å². The molecule has 2 rings (SSSR count). The first kappa shape index (κ1) is 15.1. The zero-order chi connectivity index (χ0) is 14.4. The van der Waals surface area contributed by atoms with Crippen molar-refractivity contribution < 1.29 is 0 Å². The average molecular weight is 276 g/mol. The predicted molar refractivity (Wildman–Crippen MR) is 85.3 cm³/mol. The Hall–Kier alpha value is -1.25. The molecule has 1 fully saturated rings. The summed E-state index contributed by atoms with van der Waals surface area (Å²) in [5, 5.41) is 3.61. The number of hydrogen-bond donors (Lipinski definition) is 1. The summed E-state index contributed by atoms with van der Waals surface area (Å²) in [6, 6.07) is 4.18. The molecule has 1 aliphatic carbocycles. The lowest BCUT2D eigenvalue weighted by atomic mass is 9.83. The van der Waals surface area contributed by atoms with Crippen molar-refractivity contribution in [3.8, 4) is 0 Å². The molecule has 20 heavy (non-hydrogen) atoms. The lowest BCUT2D eigenvalue weighted by Gasteiger charge is -2.29. The van der Waals surface area contributed by atoms with Gasteiger partial charge >= 0.3 is 0 Å². The average Bonchev–Trinajstić information content (AvgIpc) is 2.45. The standard InChI is InChI=1S/C17H28N2O/c1-3-5-14-6-8-15(9-7-14)18-16-10-11-17(20)19(13-16)12-4-2/h10-11,13-15,18H,3-9,12H2,1-2H3. The number of hydrogen-bond acceptors (Lipinski definition) is 2. The van der Waals surface area contributed by atoms with Gasteiger partial charge in [0.15, 0.2) is 0 Å². The number of anilines is 1. The highest BCUT2D eigenvalue weighted by molar-refractivity contribution is 5.41. The van der Waals surface area contributed by atoms with Crippen LogP contribution >= 0.6 is 0 Å². The van der Waals surface area contributed by atoms with Gasteiger partial charge in [0, 0.05) is 24.8 Å². The van der Waals surface area contributed by atoms with Gasteiger partial charge in [-0.25, -0.2) is 0 Å². The highest BCUT2D eigenvalue weighted by atomic mass is 16.1. The minimum Gasteiger partial charge on any atom is -0.381 e. The zero-order valence-corrected chi connectivity index (χ0v) is 12.9. The smallest absolute Gasteiger partial charge is 0.250 e. The van der Waals surface area contributed by atoms with E-state index in [1.807, 2.05) is 16.8 Å². The molecule has 0 atom stereocenters. The topological polar surface area (TPSA) is 34.0 Å². The lowest BCUT2D eigenvalue weighted by Crippen LogP contribution is -2.27. The molecule has 1 aromatic heterocycles. The highest BCUT2D eigenvalue weighted by Gasteiger charge is 2.20. The molecule has 1 aromatic rings.